The predicted molar refractivity (Wildman–Crippen MR) is 273 cm³/mol. The van der Waals surface area contributed by atoms with Gasteiger partial charge in [-0.05, 0) is 105 Å². The number of hydrogen-bond donors (Lipinski definition) is 0. The lowest BCUT2D eigenvalue weighted by Gasteiger charge is -2.32. The Morgan fingerprint density at radius 2 is 0.881 bits per heavy atom. The third kappa shape index (κ3) is 7.64. The Morgan fingerprint density at radius 1 is 0.463 bits per heavy atom. The van der Waals surface area contributed by atoms with Gasteiger partial charge in [0.05, 0.1) is 22.4 Å². The molecule has 1 aromatic heterocycles. The molecule has 7 aromatic carbocycles. The number of allylic oxidation sites excluding steroid dienone is 2. The summed E-state index contributed by atoms with van der Waals surface area (Å²) in [5, 5.41) is 0. The number of amides is 3. The van der Waals surface area contributed by atoms with Crippen molar-refractivity contribution in [3.63, 3.8) is 0 Å². The van der Waals surface area contributed by atoms with Gasteiger partial charge in [-0.1, -0.05) is 167 Å². The van der Waals surface area contributed by atoms with E-state index in [9.17, 15) is 9.59 Å². The number of carbonyl (C=O) groups excluding carboxylic acids is 2. The van der Waals surface area contributed by atoms with Crippen LogP contribution in [0.3, 0.4) is 0 Å². The van der Waals surface area contributed by atoms with E-state index >= 15 is 0 Å². The molecule has 1 fully saturated rings. The summed E-state index contributed by atoms with van der Waals surface area (Å²) in [6, 6.07) is 57.1. The molecule has 2 aliphatic heterocycles. The second-order valence-corrected chi connectivity index (χ2v) is 18.0. The minimum Gasteiger partial charge on any atom is -0.292 e. The molecule has 0 saturated carbocycles. The summed E-state index contributed by atoms with van der Waals surface area (Å²) in [6.07, 6.45) is 3.74. The van der Waals surface area contributed by atoms with Gasteiger partial charge in [-0.15, -0.1) is 0 Å². The van der Waals surface area contributed by atoms with Crippen LogP contribution in [-0.2, 0) is 4.79 Å². The second-order valence-electron chi connectivity index (χ2n) is 18.0. The van der Waals surface area contributed by atoms with Crippen LogP contribution in [0.1, 0.15) is 56.2 Å². The highest BCUT2D eigenvalue weighted by Gasteiger charge is 2.42. The minimum atomic E-state index is -0.388. The van der Waals surface area contributed by atoms with Crippen LogP contribution in [0.4, 0.5) is 27.8 Å². The van der Waals surface area contributed by atoms with E-state index < -0.39 is 0 Å². The summed E-state index contributed by atoms with van der Waals surface area (Å²) in [5.74, 6) is 1.93. The SMILES string of the molecule is Cc1cc(-c2ccc(-c3ccccc3)cc2)c(N2/C(=C/C=C3\C(=O)N(C)C(=O)N3C)N(c3c(C(C)C)cccc3C(C)C)c3nc4ccccc4nc32)c(-c2ccc(-c3ccccc3)cc2)c1. The predicted octanol–water partition coefficient (Wildman–Crippen LogP) is 14.4. The number of carbonyl (C=O) groups is 2. The van der Waals surface area contributed by atoms with Crippen LogP contribution in [0, 0.1) is 6.92 Å². The lowest BCUT2D eigenvalue weighted by molar-refractivity contribution is -0.122. The zero-order valence-corrected chi connectivity index (χ0v) is 38.9. The van der Waals surface area contributed by atoms with E-state index in [1.807, 2.05) is 42.5 Å². The maximum absolute atomic E-state index is 13.8. The molecule has 3 amide bonds. The van der Waals surface area contributed by atoms with E-state index in [-0.39, 0.29) is 29.5 Å². The van der Waals surface area contributed by atoms with Crippen LogP contribution in [0.25, 0.3) is 55.5 Å². The molecule has 0 bridgehead atoms. The Hall–Kier alpha value is -8.10. The van der Waals surface area contributed by atoms with Crippen molar-refractivity contribution in [3.05, 3.63) is 204 Å². The average Bonchev–Trinajstić information content (AvgIpc) is 3.75. The number of urea groups is 1. The standard InChI is InChI=1S/C59H52N6O2/c1-37(2)46-21-16-22-47(38(3)4)54(46)64-53(34-33-52-58(66)63(7)59(67)62(52)6)65(57-56(64)60-50-23-14-15-24-51(50)61-57)55-48(44-29-25-42(26-30-44)40-17-10-8-11-18-40)35-39(5)36-49(55)45-31-27-43(28-32-45)41-19-12-9-13-20-41/h8-38H,1-7H3/b52-33+,53-34+. The topological polar surface area (TPSA) is 72.9 Å². The van der Waals surface area contributed by atoms with Gasteiger partial charge >= 0.3 is 6.03 Å². The maximum atomic E-state index is 13.8. The molecule has 0 atom stereocenters. The van der Waals surface area contributed by atoms with Crippen LogP contribution >= 0.6 is 0 Å². The molecule has 10 rings (SSSR count). The molecule has 0 aliphatic carbocycles. The van der Waals surface area contributed by atoms with Crippen LogP contribution in [0.15, 0.2) is 187 Å². The van der Waals surface area contributed by atoms with Gasteiger partial charge in [0.25, 0.3) is 5.91 Å². The van der Waals surface area contributed by atoms with Crippen LogP contribution in [0.5, 0.6) is 0 Å². The number of hydrogen-bond acceptors (Lipinski definition) is 6. The zero-order valence-electron chi connectivity index (χ0n) is 38.9. The largest absolute Gasteiger partial charge is 0.331 e. The molecule has 0 unspecified atom stereocenters. The molecular formula is C59H52N6O2. The Kier molecular flexibility index (Phi) is 11.1. The highest BCUT2D eigenvalue weighted by Crippen LogP contribution is 2.55. The molecule has 330 valence electrons. The van der Waals surface area contributed by atoms with Crippen molar-refractivity contribution < 1.29 is 9.59 Å². The van der Waals surface area contributed by atoms with Crippen LogP contribution in [-0.4, -0.2) is 45.8 Å². The number of anilines is 4. The van der Waals surface area contributed by atoms with Crippen molar-refractivity contribution in [2.75, 3.05) is 23.9 Å². The quantitative estimate of drug-likeness (QED) is 0.106. The molecule has 3 heterocycles. The Balaban J connectivity index is 1.32. The van der Waals surface area contributed by atoms with Crippen molar-refractivity contribution in [1.29, 1.82) is 0 Å². The number of benzene rings is 7. The molecule has 8 heteroatoms. The van der Waals surface area contributed by atoms with Crippen LogP contribution < -0.4 is 9.80 Å². The summed E-state index contributed by atoms with van der Waals surface area (Å²) >= 11 is 0. The lowest BCUT2D eigenvalue weighted by Crippen LogP contribution is -2.27. The summed E-state index contributed by atoms with van der Waals surface area (Å²) in [5.41, 5.74) is 15.6. The van der Waals surface area contributed by atoms with E-state index in [1.54, 1.807) is 13.1 Å². The summed E-state index contributed by atoms with van der Waals surface area (Å²) < 4.78 is 0. The molecule has 8 aromatic rings. The molecular weight excluding hydrogens is 825 g/mol. The number of para-hydroxylation sites is 3. The first-order valence-electron chi connectivity index (χ1n) is 22.9. The summed E-state index contributed by atoms with van der Waals surface area (Å²) in [7, 11) is 3.16. The molecule has 0 N–H and O–H groups in total. The fourth-order valence-electron chi connectivity index (χ4n) is 9.43. The Morgan fingerprint density at radius 3 is 1.31 bits per heavy atom. The van der Waals surface area contributed by atoms with Crippen molar-refractivity contribution >= 4 is 46.0 Å². The molecule has 67 heavy (non-hydrogen) atoms. The van der Waals surface area contributed by atoms with Gasteiger partial charge < -0.3 is 0 Å². The van der Waals surface area contributed by atoms with Gasteiger partial charge in [0.2, 0.25) is 0 Å². The van der Waals surface area contributed by atoms with Gasteiger partial charge in [-0.25, -0.2) is 14.8 Å². The second kappa shape index (κ2) is 17.4. The molecule has 2 aliphatic rings. The Labute approximate surface area is 392 Å². The fraction of sp³-hybridized carbons (Fsp3) is 0.153. The van der Waals surface area contributed by atoms with Gasteiger partial charge in [0.15, 0.2) is 11.6 Å². The van der Waals surface area contributed by atoms with Gasteiger partial charge in [0.1, 0.15) is 11.5 Å². The number of rotatable bonds is 9. The van der Waals surface area contributed by atoms with Gasteiger partial charge in [-0.3, -0.25) is 24.4 Å². The van der Waals surface area contributed by atoms with Gasteiger partial charge in [0, 0.05) is 25.2 Å². The first-order valence-corrected chi connectivity index (χ1v) is 22.9. The number of aryl methyl sites for hydroxylation is 1. The average molecular weight is 877 g/mol. The van der Waals surface area contributed by atoms with E-state index in [4.69, 9.17) is 9.97 Å². The van der Waals surface area contributed by atoms with Crippen molar-refractivity contribution in [3.8, 4) is 44.5 Å². The zero-order chi connectivity index (χ0) is 46.5. The normalized spacial score (nSPS) is 15.1. The minimum absolute atomic E-state index is 0.143. The fourth-order valence-corrected chi connectivity index (χ4v) is 9.43. The van der Waals surface area contributed by atoms with Crippen molar-refractivity contribution in [2.24, 2.45) is 0 Å². The summed E-state index contributed by atoms with van der Waals surface area (Å²) in [6.45, 7) is 11.0. The molecule has 1 saturated heterocycles. The lowest BCUT2D eigenvalue weighted by atomic mass is 9.91. The van der Waals surface area contributed by atoms with Crippen LogP contribution in [0.2, 0.25) is 0 Å². The highest BCUT2D eigenvalue weighted by atomic mass is 16.2. The van der Waals surface area contributed by atoms with Crippen molar-refractivity contribution in [2.45, 2.75) is 46.5 Å². The molecule has 0 spiro atoms. The number of imide groups is 1. The first kappa shape index (κ1) is 42.8. The molecule has 8 nitrogen and oxygen atoms in total. The van der Waals surface area contributed by atoms with Crippen molar-refractivity contribution in [1.82, 2.24) is 19.8 Å². The van der Waals surface area contributed by atoms with E-state index in [0.717, 1.165) is 88.5 Å². The number of nitrogens with zero attached hydrogens (tertiary/aromatic N) is 6. The van der Waals surface area contributed by atoms with Gasteiger partial charge in [-0.2, -0.15) is 0 Å². The maximum Gasteiger partial charge on any atom is 0.331 e. The first-order chi connectivity index (χ1) is 32.5. The smallest absolute Gasteiger partial charge is 0.292 e. The Bertz CT molecular complexity index is 3140. The third-order valence-electron chi connectivity index (χ3n) is 12.9. The van der Waals surface area contributed by atoms with E-state index in [1.165, 1.54) is 11.9 Å². The monoisotopic (exact) mass is 876 g/mol. The third-order valence-corrected chi connectivity index (χ3v) is 12.9. The number of fused-ring (bicyclic) bond motifs is 2. The van der Waals surface area contributed by atoms with E-state index in [2.05, 4.69) is 172 Å². The van der Waals surface area contributed by atoms with E-state index in [0.29, 0.717) is 17.5 Å². The highest BCUT2D eigenvalue weighted by molar-refractivity contribution is 6.11. The number of likely N-dealkylation sites (N-methyl/N-ethyl adjacent to an activating group) is 2. The molecule has 0 radical (unpaired) electrons. The number of aromatic nitrogens is 2. The summed E-state index contributed by atoms with van der Waals surface area (Å²) in [4.78, 5) is 45.1.